The highest BCUT2D eigenvalue weighted by molar-refractivity contribution is 6.46. The molecule has 6 nitrogen and oxygen atoms in total. The Labute approximate surface area is 201 Å². The molecule has 1 saturated heterocycles. The van der Waals surface area contributed by atoms with Crippen molar-refractivity contribution < 1.29 is 24.2 Å². The van der Waals surface area contributed by atoms with Gasteiger partial charge < -0.3 is 19.5 Å². The quantitative estimate of drug-likeness (QED) is 0.263. The Balaban J connectivity index is 1.80. The van der Waals surface area contributed by atoms with Crippen LogP contribution in [-0.2, 0) is 27.2 Å². The summed E-state index contributed by atoms with van der Waals surface area (Å²) in [6.45, 7) is 4.70. The maximum absolute atomic E-state index is 13.2. The first-order valence-corrected chi connectivity index (χ1v) is 12.1. The first-order valence-electron chi connectivity index (χ1n) is 12.1. The molecule has 1 aliphatic carbocycles. The molecule has 1 fully saturated rings. The fraction of sp³-hybridized carbons (Fsp3) is 0.429. The molecule has 2 aromatic carbocycles. The summed E-state index contributed by atoms with van der Waals surface area (Å²) in [7, 11) is 1.61. The number of hydrogen-bond donors (Lipinski definition) is 1. The largest absolute Gasteiger partial charge is 0.507 e. The smallest absolute Gasteiger partial charge is 0.295 e. The van der Waals surface area contributed by atoms with Crippen molar-refractivity contribution in [1.82, 2.24) is 4.90 Å². The predicted molar refractivity (Wildman–Crippen MR) is 131 cm³/mol. The minimum Gasteiger partial charge on any atom is -0.507 e. The highest BCUT2D eigenvalue weighted by Gasteiger charge is 2.46. The van der Waals surface area contributed by atoms with Crippen LogP contribution in [0.15, 0.2) is 48.0 Å². The highest BCUT2D eigenvalue weighted by atomic mass is 16.5. The van der Waals surface area contributed by atoms with Crippen LogP contribution in [0.1, 0.15) is 61.4 Å². The van der Waals surface area contributed by atoms with Crippen LogP contribution in [0.3, 0.4) is 0 Å². The fourth-order valence-corrected chi connectivity index (χ4v) is 4.90. The number of fused-ring (bicyclic) bond motifs is 1. The van der Waals surface area contributed by atoms with Crippen molar-refractivity contribution in [3.63, 3.8) is 0 Å². The molecule has 6 heteroatoms. The molecule has 0 radical (unpaired) electrons. The minimum atomic E-state index is -0.691. The molecule has 4 rings (SSSR count). The number of ketones is 1. The number of hydrogen-bond acceptors (Lipinski definition) is 5. The normalized spacial score (nSPS) is 19.5. The number of Topliss-reactive ketones (excluding diaryl/α,β-unsaturated/α-hetero) is 1. The Bertz CT molecular complexity index is 1100. The van der Waals surface area contributed by atoms with E-state index >= 15 is 0 Å². The average molecular weight is 464 g/mol. The van der Waals surface area contributed by atoms with Crippen LogP contribution < -0.4 is 4.74 Å². The maximum Gasteiger partial charge on any atom is 0.295 e. The Kier molecular flexibility index (Phi) is 7.37. The summed E-state index contributed by atoms with van der Waals surface area (Å²) >= 11 is 0. The number of likely N-dealkylation sites (tertiary alicyclic amines) is 1. The molecule has 1 heterocycles. The molecule has 1 unspecified atom stereocenters. The summed E-state index contributed by atoms with van der Waals surface area (Å²) in [6, 6.07) is 12.6. The van der Waals surface area contributed by atoms with E-state index in [4.69, 9.17) is 9.47 Å². The maximum atomic E-state index is 13.2. The third-order valence-electron chi connectivity index (χ3n) is 6.45. The molecule has 0 aromatic heterocycles. The van der Waals surface area contributed by atoms with Crippen LogP contribution in [0, 0.1) is 0 Å². The number of nitrogens with zero attached hydrogens (tertiary/aromatic N) is 1. The van der Waals surface area contributed by atoms with Gasteiger partial charge in [-0.05, 0) is 80.8 Å². The highest BCUT2D eigenvalue weighted by Crippen LogP contribution is 2.40. The monoisotopic (exact) mass is 463 g/mol. The number of benzene rings is 2. The van der Waals surface area contributed by atoms with Gasteiger partial charge >= 0.3 is 0 Å². The van der Waals surface area contributed by atoms with Gasteiger partial charge in [0.25, 0.3) is 11.7 Å². The molecule has 0 bridgehead atoms. The lowest BCUT2D eigenvalue weighted by molar-refractivity contribution is -0.140. The Hall–Kier alpha value is -3.12. The van der Waals surface area contributed by atoms with Gasteiger partial charge in [-0.1, -0.05) is 24.3 Å². The molecule has 0 spiro atoms. The molecule has 1 N–H and O–H groups in total. The van der Waals surface area contributed by atoms with E-state index in [1.165, 1.54) is 17.5 Å². The zero-order valence-electron chi connectivity index (χ0n) is 20.2. The standard InChI is InChI=1S/C28H33NO5/c1-18(2)34-23-11-6-10-21(17-23)25-24(27(31)28(32)29(25)14-7-15-33-3)26(30)22-13-12-19-8-4-5-9-20(19)16-22/h6,10-13,16-18,25,30H,4-5,7-9,14-15H2,1-3H3/b26-24-. The van der Waals surface area contributed by atoms with Crippen LogP contribution in [0.5, 0.6) is 5.75 Å². The molecule has 2 aliphatic rings. The summed E-state index contributed by atoms with van der Waals surface area (Å²) in [5, 5.41) is 11.4. The zero-order valence-corrected chi connectivity index (χ0v) is 20.2. The molecule has 0 saturated carbocycles. The van der Waals surface area contributed by atoms with Crippen LogP contribution >= 0.6 is 0 Å². The van der Waals surface area contributed by atoms with Gasteiger partial charge in [-0.15, -0.1) is 0 Å². The minimum absolute atomic E-state index is 0.0150. The van der Waals surface area contributed by atoms with Crippen molar-refractivity contribution in [3.05, 3.63) is 70.3 Å². The van der Waals surface area contributed by atoms with Gasteiger partial charge in [0, 0.05) is 25.8 Å². The topological polar surface area (TPSA) is 76.1 Å². The third-order valence-corrected chi connectivity index (χ3v) is 6.45. The molecular weight excluding hydrogens is 430 g/mol. The molecule has 180 valence electrons. The van der Waals surface area contributed by atoms with Crippen LogP contribution in [-0.4, -0.2) is 48.1 Å². The summed E-state index contributed by atoms with van der Waals surface area (Å²) in [5.41, 5.74) is 3.93. The lowest BCUT2D eigenvalue weighted by atomic mass is 9.88. The predicted octanol–water partition coefficient (Wildman–Crippen LogP) is 4.81. The summed E-state index contributed by atoms with van der Waals surface area (Å²) in [5.74, 6) is -0.728. The number of amides is 1. The SMILES string of the molecule is COCCCN1C(=O)C(=O)/C(=C(\O)c2ccc3c(c2)CCCC3)C1c1cccc(OC(C)C)c1. The van der Waals surface area contributed by atoms with Crippen molar-refractivity contribution in [2.75, 3.05) is 20.3 Å². The number of methoxy groups -OCH3 is 1. The first-order chi connectivity index (χ1) is 16.4. The lowest BCUT2D eigenvalue weighted by Gasteiger charge is -2.26. The van der Waals surface area contributed by atoms with E-state index in [0.29, 0.717) is 30.9 Å². The molecule has 1 aliphatic heterocycles. The fourth-order valence-electron chi connectivity index (χ4n) is 4.90. The van der Waals surface area contributed by atoms with Gasteiger partial charge in [0.05, 0.1) is 17.7 Å². The molecule has 1 amide bonds. The van der Waals surface area contributed by atoms with Crippen LogP contribution in [0.2, 0.25) is 0 Å². The number of aliphatic hydroxyl groups is 1. The average Bonchev–Trinajstić information content (AvgIpc) is 3.08. The second-order valence-electron chi connectivity index (χ2n) is 9.27. The van der Waals surface area contributed by atoms with Crippen molar-refractivity contribution in [2.24, 2.45) is 0 Å². The molecular formula is C28H33NO5. The zero-order chi connectivity index (χ0) is 24.2. The van der Waals surface area contributed by atoms with Crippen LogP contribution in [0.25, 0.3) is 5.76 Å². The van der Waals surface area contributed by atoms with Gasteiger partial charge in [0.15, 0.2) is 0 Å². The van der Waals surface area contributed by atoms with E-state index < -0.39 is 17.7 Å². The number of aryl methyl sites for hydroxylation is 2. The number of carbonyl (C=O) groups excluding carboxylic acids is 2. The van der Waals surface area contributed by atoms with Gasteiger partial charge in [-0.3, -0.25) is 9.59 Å². The van der Waals surface area contributed by atoms with E-state index in [9.17, 15) is 14.7 Å². The summed E-state index contributed by atoms with van der Waals surface area (Å²) < 4.78 is 11.0. The van der Waals surface area contributed by atoms with Crippen molar-refractivity contribution in [1.29, 1.82) is 0 Å². The van der Waals surface area contributed by atoms with E-state index in [1.54, 1.807) is 12.0 Å². The summed E-state index contributed by atoms with van der Waals surface area (Å²) in [6.07, 6.45) is 4.84. The number of rotatable bonds is 8. The van der Waals surface area contributed by atoms with E-state index in [1.807, 2.05) is 56.3 Å². The van der Waals surface area contributed by atoms with Gasteiger partial charge in [0.1, 0.15) is 11.5 Å². The van der Waals surface area contributed by atoms with Gasteiger partial charge in [-0.25, -0.2) is 0 Å². The third kappa shape index (κ3) is 4.87. The van der Waals surface area contributed by atoms with Crippen molar-refractivity contribution >= 4 is 17.4 Å². The Morgan fingerprint density at radius 2 is 1.85 bits per heavy atom. The molecule has 34 heavy (non-hydrogen) atoms. The second-order valence-corrected chi connectivity index (χ2v) is 9.27. The summed E-state index contributed by atoms with van der Waals surface area (Å²) in [4.78, 5) is 27.9. The number of aliphatic hydroxyl groups excluding tert-OH is 1. The van der Waals surface area contributed by atoms with Crippen molar-refractivity contribution in [3.8, 4) is 5.75 Å². The van der Waals surface area contributed by atoms with Gasteiger partial charge in [0.2, 0.25) is 0 Å². The van der Waals surface area contributed by atoms with E-state index in [-0.39, 0.29) is 17.4 Å². The van der Waals surface area contributed by atoms with Crippen LogP contribution in [0.4, 0.5) is 0 Å². The molecule has 2 aromatic rings. The first kappa shape index (κ1) is 24.0. The number of carbonyl (C=O) groups is 2. The van der Waals surface area contributed by atoms with Crippen molar-refractivity contribution in [2.45, 2.75) is 58.1 Å². The number of ether oxygens (including phenoxy) is 2. The Morgan fingerprint density at radius 1 is 1.09 bits per heavy atom. The second kappa shape index (κ2) is 10.4. The Morgan fingerprint density at radius 3 is 2.59 bits per heavy atom. The van der Waals surface area contributed by atoms with Gasteiger partial charge in [-0.2, -0.15) is 0 Å². The molecule has 1 atom stereocenters. The van der Waals surface area contributed by atoms with E-state index in [0.717, 1.165) is 24.8 Å². The van der Waals surface area contributed by atoms with E-state index in [2.05, 4.69) is 0 Å². The lowest BCUT2D eigenvalue weighted by Crippen LogP contribution is -2.31.